The number of piperidine rings is 1. The quantitative estimate of drug-likeness (QED) is 0.595. The van der Waals surface area contributed by atoms with E-state index < -0.39 is 11.9 Å². The molecule has 74 valence electrons. The summed E-state index contributed by atoms with van der Waals surface area (Å²) in [4.78, 5) is 23.3. The Balaban J connectivity index is 2.51. The van der Waals surface area contributed by atoms with Crippen molar-refractivity contribution in [1.82, 2.24) is 4.90 Å². The standard InChI is InChI=1S/C8H14N2O3/c9-4-7(11)10-3-1-2-6(5-10)8(12)13/h6H,1-5,9H2,(H,12,13). The summed E-state index contributed by atoms with van der Waals surface area (Å²) < 4.78 is 0. The fourth-order valence-electron chi connectivity index (χ4n) is 1.53. The highest BCUT2D eigenvalue weighted by Gasteiger charge is 2.27. The van der Waals surface area contributed by atoms with Crippen LogP contribution in [0, 0.1) is 5.92 Å². The number of nitrogens with two attached hydrogens (primary N) is 1. The van der Waals surface area contributed by atoms with Crippen LogP contribution >= 0.6 is 0 Å². The van der Waals surface area contributed by atoms with Crippen LogP contribution in [0.3, 0.4) is 0 Å². The van der Waals surface area contributed by atoms with Gasteiger partial charge in [-0.05, 0) is 12.8 Å². The van der Waals surface area contributed by atoms with Crippen molar-refractivity contribution in [3.63, 3.8) is 0 Å². The van der Waals surface area contributed by atoms with E-state index in [1.807, 2.05) is 0 Å². The lowest BCUT2D eigenvalue weighted by Gasteiger charge is -2.30. The first-order valence-electron chi connectivity index (χ1n) is 4.35. The van der Waals surface area contributed by atoms with E-state index in [0.717, 1.165) is 6.42 Å². The predicted octanol–water partition coefficient (Wildman–Crippen LogP) is -0.732. The lowest BCUT2D eigenvalue weighted by atomic mass is 9.98. The first kappa shape index (κ1) is 9.98. The molecule has 0 spiro atoms. The van der Waals surface area contributed by atoms with Crippen LogP contribution in [0.2, 0.25) is 0 Å². The molecule has 0 radical (unpaired) electrons. The molecule has 1 atom stereocenters. The van der Waals surface area contributed by atoms with Crippen LogP contribution in [-0.4, -0.2) is 41.5 Å². The number of aliphatic carboxylic acids is 1. The van der Waals surface area contributed by atoms with Gasteiger partial charge >= 0.3 is 5.97 Å². The molecule has 0 aromatic carbocycles. The van der Waals surface area contributed by atoms with E-state index in [1.54, 1.807) is 0 Å². The van der Waals surface area contributed by atoms with Crippen molar-refractivity contribution < 1.29 is 14.7 Å². The first-order valence-corrected chi connectivity index (χ1v) is 4.35. The van der Waals surface area contributed by atoms with Crippen LogP contribution in [0.5, 0.6) is 0 Å². The number of carboxylic acids is 1. The van der Waals surface area contributed by atoms with Gasteiger partial charge in [0, 0.05) is 13.1 Å². The zero-order chi connectivity index (χ0) is 9.84. The molecule has 13 heavy (non-hydrogen) atoms. The molecular weight excluding hydrogens is 172 g/mol. The van der Waals surface area contributed by atoms with Crippen LogP contribution in [0.4, 0.5) is 0 Å². The van der Waals surface area contributed by atoms with Gasteiger partial charge in [-0.3, -0.25) is 9.59 Å². The lowest BCUT2D eigenvalue weighted by molar-refractivity contribution is -0.145. The first-order chi connectivity index (χ1) is 6.15. The molecule has 0 aromatic heterocycles. The molecule has 1 saturated heterocycles. The predicted molar refractivity (Wildman–Crippen MR) is 46.0 cm³/mol. The number of likely N-dealkylation sites (tertiary alicyclic amines) is 1. The third kappa shape index (κ3) is 2.42. The molecule has 1 amide bonds. The summed E-state index contributed by atoms with van der Waals surface area (Å²) in [6.07, 6.45) is 1.41. The third-order valence-corrected chi connectivity index (χ3v) is 2.30. The Hall–Kier alpha value is -1.10. The van der Waals surface area contributed by atoms with Gasteiger partial charge < -0.3 is 15.7 Å². The maximum Gasteiger partial charge on any atom is 0.308 e. The fourth-order valence-corrected chi connectivity index (χ4v) is 1.53. The van der Waals surface area contributed by atoms with Crippen LogP contribution in [0.1, 0.15) is 12.8 Å². The molecule has 0 saturated carbocycles. The summed E-state index contributed by atoms with van der Waals surface area (Å²) in [5.74, 6) is -1.40. The average molecular weight is 186 g/mol. The molecule has 0 aromatic rings. The largest absolute Gasteiger partial charge is 0.481 e. The molecule has 1 fully saturated rings. The minimum Gasteiger partial charge on any atom is -0.481 e. The third-order valence-electron chi connectivity index (χ3n) is 2.30. The smallest absolute Gasteiger partial charge is 0.308 e. The van der Waals surface area contributed by atoms with Gasteiger partial charge in [0.15, 0.2) is 0 Å². The summed E-state index contributed by atoms with van der Waals surface area (Å²) in [6.45, 7) is 0.914. The molecule has 0 aliphatic carbocycles. The average Bonchev–Trinajstić information content (AvgIpc) is 2.17. The van der Waals surface area contributed by atoms with E-state index in [4.69, 9.17) is 10.8 Å². The molecule has 5 heteroatoms. The maximum absolute atomic E-state index is 11.1. The number of hydrogen-bond donors (Lipinski definition) is 2. The van der Waals surface area contributed by atoms with Crippen LogP contribution in [0.15, 0.2) is 0 Å². The highest BCUT2D eigenvalue weighted by atomic mass is 16.4. The van der Waals surface area contributed by atoms with E-state index in [9.17, 15) is 9.59 Å². The summed E-state index contributed by atoms with van der Waals surface area (Å²) in [7, 11) is 0. The highest BCUT2D eigenvalue weighted by molar-refractivity contribution is 5.79. The number of carbonyl (C=O) groups excluding carboxylic acids is 1. The Kier molecular flexibility index (Phi) is 3.25. The van der Waals surface area contributed by atoms with Gasteiger partial charge in [0.25, 0.3) is 0 Å². The van der Waals surface area contributed by atoms with Gasteiger partial charge in [-0.15, -0.1) is 0 Å². The van der Waals surface area contributed by atoms with Crippen molar-refractivity contribution in [2.75, 3.05) is 19.6 Å². The van der Waals surface area contributed by atoms with Crippen molar-refractivity contribution in [3.8, 4) is 0 Å². The topological polar surface area (TPSA) is 83.6 Å². The van der Waals surface area contributed by atoms with Crippen LogP contribution in [0.25, 0.3) is 0 Å². The van der Waals surface area contributed by atoms with Gasteiger partial charge in [-0.2, -0.15) is 0 Å². The van der Waals surface area contributed by atoms with Gasteiger partial charge in [0.1, 0.15) is 0 Å². The zero-order valence-corrected chi connectivity index (χ0v) is 7.40. The van der Waals surface area contributed by atoms with Gasteiger partial charge in [-0.1, -0.05) is 0 Å². The second kappa shape index (κ2) is 4.23. The lowest BCUT2D eigenvalue weighted by Crippen LogP contribution is -2.44. The second-order valence-corrected chi connectivity index (χ2v) is 3.22. The Morgan fingerprint density at radius 2 is 2.23 bits per heavy atom. The normalized spacial score (nSPS) is 22.8. The molecule has 1 aliphatic rings. The van der Waals surface area contributed by atoms with E-state index in [1.165, 1.54) is 4.90 Å². The van der Waals surface area contributed by atoms with Crippen molar-refractivity contribution in [2.45, 2.75) is 12.8 Å². The molecule has 1 aliphatic heterocycles. The zero-order valence-electron chi connectivity index (χ0n) is 7.40. The molecule has 1 heterocycles. The molecule has 1 rings (SSSR count). The number of carbonyl (C=O) groups is 2. The monoisotopic (exact) mass is 186 g/mol. The summed E-state index contributed by atoms with van der Waals surface area (Å²) in [5, 5.41) is 8.74. The maximum atomic E-state index is 11.1. The molecule has 3 N–H and O–H groups in total. The van der Waals surface area contributed by atoms with E-state index in [0.29, 0.717) is 19.5 Å². The number of hydrogen-bond acceptors (Lipinski definition) is 3. The van der Waals surface area contributed by atoms with E-state index in [2.05, 4.69) is 0 Å². The fraction of sp³-hybridized carbons (Fsp3) is 0.750. The summed E-state index contributed by atoms with van der Waals surface area (Å²) in [5.41, 5.74) is 5.19. The van der Waals surface area contributed by atoms with Gasteiger partial charge in [0.05, 0.1) is 12.5 Å². The van der Waals surface area contributed by atoms with Crippen molar-refractivity contribution >= 4 is 11.9 Å². The van der Waals surface area contributed by atoms with Crippen molar-refractivity contribution in [1.29, 1.82) is 0 Å². The molecular formula is C8H14N2O3. The Morgan fingerprint density at radius 3 is 2.77 bits per heavy atom. The second-order valence-electron chi connectivity index (χ2n) is 3.22. The SMILES string of the molecule is NCC(=O)N1CCCC(C(=O)O)C1. The van der Waals surface area contributed by atoms with Crippen LogP contribution in [-0.2, 0) is 9.59 Å². The van der Waals surface area contributed by atoms with E-state index >= 15 is 0 Å². The van der Waals surface area contributed by atoms with E-state index in [-0.39, 0.29) is 12.5 Å². The van der Waals surface area contributed by atoms with Gasteiger partial charge in [-0.25, -0.2) is 0 Å². The Labute approximate surface area is 76.5 Å². The number of carboxylic acid groups (broad SMARTS) is 1. The molecule has 1 unspecified atom stereocenters. The number of nitrogens with zero attached hydrogens (tertiary/aromatic N) is 1. The summed E-state index contributed by atoms with van der Waals surface area (Å²) >= 11 is 0. The van der Waals surface area contributed by atoms with Gasteiger partial charge in [0.2, 0.25) is 5.91 Å². The minimum atomic E-state index is -0.825. The number of rotatable bonds is 2. The molecule has 5 nitrogen and oxygen atoms in total. The minimum absolute atomic E-state index is 0.0354. The van der Waals surface area contributed by atoms with Crippen molar-refractivity contribution in [3.05, 3.63) is 0 Å². The van der Waals surface area contributed by atoms with Crippen molar-refractivity contribution in [2.24, 2.45) is 11.7 Å². The molecule has 0 bridgehead atoms. The Morgan fingerprint density at radius 1 is 1.54 bits per heavy atom. The van der Waals surface area contributed by atoms with Crippen LogP contribution < -0.4 is 5.73 Å². The Bertz CT molecular complexity index is 217. The summed E-state index contributed by atoms with van der Waals surface area (Å²) in [6, 6.07) is 0. The highest BCUT2D eigenvalue weighted by Crippen LogP contribution is 2.16. The number of amides is 1.